The van der Waals surface area contributed by atoms with Crippen LogP contribution in [0.2, 0.25) is 0 Å². The summed E-state index contributed by atoms with van der Waals surface area (Å²) in [6, 6.07) is 6.08. The number of ether oxygens (including phenoxy) is 2. The van der Waals surface area contributed by atoms with Gasteiger partial charge in [0.25, 0.3) is 0 Å². The van der Waals surface area contributed by atoms with Gasteiger partial charge in [-0.2, -0.15) is 5.26 Å². The number of nitriles is 1. The first-order valence-corrected chi connectivity index (χ1v) is 8.74. The highest BCUT2D eigenvalue weighted by molar-refractivity contribution is 5.63. The molecule has 1 aromatic carbocycles. The highest BCUT2D eigenvalue weighted by Gasteiger charge is 2.73. The van der Waals surface area contributed by atoms with Crippen LogP contribution in [0, 0.1) is 17.2 Å². The Bertz CT molecular complexity index is 713. The van der Waals surface area contributed by atoms with E-state index in [1.807, 2.05) is 19.2 Å². The molecule has 3 unspecified atom stereocenters. The molecule has 0 amide bonds. The lowest BCUT2D eigenvalue weighted by molar-refractivity contribution is 0.122. The molecule has 128 valence electrons. The zero-order valence-corrected chi connectivity index (χ0v) is 14.5. The number of methoxy groups -OCH3 is 1. The molecule has 24 heavy (non-hydrogen) atoms. The maximum atomic E-state index is 10.3. The van der Waals surface area contributed by atoms with Crippen molar-refractivity contribution >= 4 is 0 Å². The van der Waals surface area contributed by atoms with Gasteiger partial charge in [0.15, 0.2) is 11.5 Å². The van der Waals surface area contributed by atoms with Crippen LogP contribution in [0.15, 0.2) is 12.1 Å². The lowest BCUT2D eigenvalue weighted by Gasteiger charge is -2.25. The van der Waals surface area contributed by atoms with Gasteiger partial charge in [0.05, 0.1) is 19.3 Å². The molecule has 1 aliphatic heterocycles. The summed E-state index contributed by atoms with van der Waals surface area (Å²) < 4.78 is 11.7. The van der Waals surface area contributed by atoms with Gasteiger partial charge in [-0.1, -0.05) is 13.0 Å². The molecule has 3 aliphatic rings. The topological polar surface area (TPSA) is 65.7 Å². The van der Waals surface area contributed by atoms with Crippen LogP contribution < -0.4 is 9.47 Å². The third kappa shape index (κ3) is 1.87. The second kappa shape index (κ2) is 5.37. The van der Waals surface area contributed by atoms with E-state index in [9.17, 15) is 10.4 Å². The van der Waals surface area contributed by atoms with E-state index < -0.39 is 0 Å². The fraction of sp³-hybridized carbons (Fsp3) is 0.632. The van der Waals surface area contributed by atoms with Crippen molar-refractivity contribution in [3.63, 3.8) is 0 Å². The summed E-state index contributed by atoms with van der Waals surface area (Å²) in [6.45, 7) is 2.98. The predicted molar refractivity (Wildman–Crippen MR) is 89.1 cm³/mol. The third-order valence-corrected chi connectivity index (χ3v) is 6.09. The molecule has 1 spiro atoms. The highest BCUT2D eigenvalue weighted by Crippen LogP contribution is 2.71. The van der Waals surface area contributed by atoms with Gasteiger partial charge in [0, 0.05) is 17.4 Å². The van der Waals surface area contributed by atoms with Crippen LogP contribution in [0.1, 0.15) is 43.4 Å². The average Bonchev–Trinajstić information content (AvgIpc) is 3.14. The molecule has 5 nitrogen and oxygen atoms in total. The fourth-order valence-corrected chi connectivity index (χ4v) is 4.94. The van der Waals surface area contributed by atoms with Crippen LogP contribution in [0.4, 0.5) is 0 Å². The van der Waals surface area contributed by atoms with Crippen molar-refractivity contribution < 1.29 is 14.6 Å². The molecule has 0 aromatic heterocycles. The summed E-state index contributed by atoms with van der Waals surface area (Å²) in [5, 5.41) is 20.1. The molecule has 0 radical (unpaired) electrons. The Morgan fingerprint density at radius 3 is 2.96 bits per heavy atom. The van der Waals surface area contributed by atoms with Gasteiger partial charge in [0.2, 0.25) is 0 Å². The van der Waals surface area contributed by atoms with Gasteiger partial charge in [-0.15, -0.1) is 0 Å². The van der Waals surface area contributed by atoms with Crippen LogP contribution in [-0.2, 0) is 5.41 Å². The summed E-state index contributed by atoms with van der Waals surface area (Å²) in [5.41, 5.74) is 2.02. The summed E-state index contributed by atoms with van der Waals surface area (Å²) in [7, 11) is 3.64. The van der Waals surface area contributed by atoms with E-state index in [-0.39, 0.29) is 29.6 Å². The van der Waals surface area contributed by atoms with E-state index in [4.69, 9.17) is 9.47 Å². The quantitative estimate of drug-likeness (QED) is 0.899. The van der Waals surface area contributed by atoms with Crippen LogP contribution in [0.3, 0.4) is 0 Å². The fourth-order valence-electron chi connectivity index (χ4n) is 4.94. The molecule has 5 atom stereocenters. The lowest BCUT2D eigenvalue weighted by Crippen LogP contribution is -2.27. The minimum atomic E-state index is -0.305. The number of aliphatic hydroxyl groups is 1. The zero-order chi connectivity index (χ0) is 17.1. The molecule has 2 saturated carbocycles. The van der Waals surface area contributed by atoms with E-state index in [1.165, 1.54) is 0 Å². The van der Waals surface area contributed by atoms with Crippen molar-refractivity contribution in [2.75, 3.05) is 20.7 Å². The number of benzene rings is 1. The Hall–Kier alpha value is -1.77. The van der Waals surface area contributed by atoms with E-state index in [0.29, 0.717) is 6.42 Å². The summed E-state index contributed by atoms with van der Waals surface area (Å²) in [5.74, 6) is 1.78. The summed E-state index contributed by atoms with van der Waals surface area (Å²) >= 11 is 0. The van der Waals surface area contributed by atoms with Gasteiger partial charge in [0.1, 0.15) is 12.1 Å². The SMILES string of the molecule is CCCN(C)C(C#N)c1ccc(OC)c2c1C13CC1[C@@H](O)C[C@@H]3O2. The second-order valence-corrected chi connectivity index (χ2v) is 7.33. The van der Waals surface area contributed by atoms with E-state index in [0.717, 1.165) is 42.0 Å². The van der Waals surface area contributed by atoms with Crippen molar-refractivity contribution in [3.05, 3.63) is 23.3 Å². The normalized spacial score (nSPS) is 33.2. The minimum Gasteiger partial charge on any atom is -0.493 e. The largest absolute Gasteiger partial charge is 0.493 e. The van der Waals surface area contributed by atoms with Gasteiger partial charge in [-0.05, 0) is 44.0 Å². The molecule has 2 fully saturated rings. The van der Waals surface area contributed by atoms with Gasteiger partial charge < -0.3 is 14.6 Å². The van der Waals surface area contributed by atoms with E-state index in [1.54, 1.807) is 7.11 Å². The lowest BCUT2D eigenvalue weighted by atomic mass is 9.86. The van der Waals surface area contributed by atoms with Crippen LogP contribution >= 0.6 is 0 Å². The molecule has 1 N–H and O–H groups in total. The number of nitrogens with zero attached hydrogens (tertiary/aromatic N) is 2. The zero-order valence-electron chi connectivity index (χ0n) is 14.5. The van der Waals surface area contributed by atoms with Crippen molar-refractivity contribution in [2.45, 2.75) is 49.9 Å². The van der Waals surface area contributed by atoms with E-state index >= 15 is 0 Å². The number of aliphatic hydroxyl groups excluding tert-OH is 1. The van der Waals surface area contributed by atoms with Gasteiger partial charge in [-0.25, -0.2) is 0 Å². The molecule has 2 aliphatic carbocycles. The Balaban J connectivity index is 1.84. The smallest absolute Gasteiger partial charge is 0.165 e. The van der Waals surface area contributed by atoms with Crippen LogP contribution in [-0.4, -0.2) is 42.9 Å². The minimum absolute atomic E-state index is 0.0124. The van der Waals surface area contributed by atoms with Crippen LogP contribution in [0.25, 0.3) is 0 Å². The van der Waals surface area contributed by atoms with Crippen molar-refractivity contribution in [1.82, 2.24) is 4.90 Å². The maximum absolute atomic E-state index is 10.3. The van der Waals surface area contributed by atoms with Gasteiger partial charge >= 0.3 is 0 Å². The van der Waals surface area contributed by atoms with Crippen molar-refractivity contribution in [1.29, 1.82) is 5.26 Å². The average molecular weight is 328 g/mol. The Labute approximate surface area is 142 Å². The number of hydrogen-bond donors (Lipinski definition) is 1. The Morgan fingerprint density at radius 2 is 2.33 bits per heavy atom. The first-order valence-electron chi connectivity index (χ1n) is 8.74. The first kappa shape index (κ1) is 15.7. The summed E-state index contributed by atoms with van der Waals surface area (Å²) in [4.78, 5) is 2.09. The molecular weight excluding hydrogens is 304 g/mol. The molecule has 0 saturated heterocycles. The Morgan fingerprint density at radius 1 is 1.54 bits per heavy atom. The number of hydrogen-bond acceptors (Lipinski definition) is 5. The summed E-state index contributed by atoms with van der Waals surface area (Å²) in [6.07, 6.45) is 2.33. The third-order valence-electron chi connectivity index (χ3n) is 6.09. The van der Waals surface area contributed by atoms with E-state index in [2.05, 4.69) is 17.9 Å². The molecule has 5 heteroatoms. The highest BCUT2D eigenvalue weighted by atomic mass is 16.5. The molecule has 1 aromatic rings. The maximum Gasteiger partial charge on any atom is 0.165 e. The predicted octanol–water partition coefficient (Wildman–Crippen LogP) is 2.38. The molecular formula is C19H24N2O3. The Kier molecular flexibility index (Phi) is 3.52. The monoisotopic (exact) mass is 328 g/mol. The molecule has 4 rings (SSSR count). The molecule has 1 heterocycles. The standard InChI is InChI=1S/C19H24N2O3/c1-4-7-21(2)13(10-20)11-5-6-15(23-3)18-17(11)19-9-12(19)14(22)8-16(19)24-18/h5-6,12-14,16,22H,4,7-9H2,1-3H3/t12?,13?,14-,16-,19?/m0/s1. The number of rotatable bonds is 5. The molecule has 0 bridgehead atoms. The van der Waals surface area contributed by atoms with Crippen molar-refractivity contribution in [3.8, 4) is 17.6 Å². The van der Waals surface area contributed by atoms with Crippen molar-refractivity contribution in [2.24, 2.45) is 5.92 Å². The number of fused-ring (bicyclic) bond motifs is 1. The van der Waals surface area contributed by atoms with Crippen LogP contribution in [0.5, 0.6) is 11.5 Å². The first-order chi connectivity index (χ1) is 11.6. The second-order valence-electron chi connectivity index (χ2n) is 7.33. The van der Waals surface area contributed by atoms with Gasteiger partial charge in [-0.3, -0.25) is 4.90 Å².